The Hall–Kier alpha value is -2.45. The predicted octanol–water partition coefficient (Wildman–Crippen LogP) is 5.24. The second kappa shape index (κ2) is 11.1. The summed E-state index contributed by atoms with van der Waals surface area (Å²) in [7, 11) is -4.15. The summed E-state index contributed by atoms with van der Waals surface area (Å²) in [5, 5.41) is 3.34. The highest BCUT2D eigenvalue weighted by Gasteiger charge is 2.36. The van der Waals surface area contributed by atoms with Crippen LogP contribution in [0.1, 0.15) is 24.1 Å². The van der Waals surface area contributed by atoms with E-state index in [1.165, 1.54) is 42.5 Å². The van der Waals surface area contributed by atoms with Gasteiger partial charge in [-0.25, -0.2) is 12.8 Å². The van der Waals surface area contributed by atoms with E-state index >= 15 is 0 Å². The Bertz CT molecular complexity index is 1210. The maximum Gasteiger partial charge on any atom is 0.244 e. The molecule has 1 N–H and O–H groups in total. The lowest BCUT2D eigenvalue weighted by Gasteiger charge is -2.30. The average molecular weight is 509 g/mol. The van der Waals surface area contributed by atoms with Crippen LogP contribution in [-0.4, -0.2) is 31.7 Å². The quantitative estimate of drug-likeness (QED) is 0.429. The van der Waals surface area contributed by atoms with Gasteiger partial charge < -0.3 is 5.32 Å². The van der Waals surface area contributed by atoms with Crippen molar-refractivity contribution in [2.75, 3.05) is 13.1 Å². The van der Waals surface area contributed by atoms with Crippen molar-refractivity contribution < 1.29 is 17.6 Å². The van der Waals surface area contributed by atoms with E-state index in [2.05, 4.69) is 5.32 Å². The first kappa shape index (κ1) is 25.2. The number of likely N-dealkylation sites (N-methyl/N-ethyl adjacent to an activating group) is 1. The van der Waals surface area contributed by atoms with Crippen molar-refractivity contribution in [1.82, 2.24) is 9.62 Å². The highest BCUT2D eigenvalue weighted by Crippen LogP contribution is 2.30. The van der Waals surface area contributed by atoms with Crippen LogP contribution in [0.4, 0.5) is 4.39 Å². The number of hydrogen-bond acceptors (Lipinski definition) is 3. The van der Waals surface area contributed by atoms with Crippen molar-refractivity contribution in [2.45, 2.75) is 24.3 Å². The van der Waals surface area contributed by atoms with Crippen molar-refractivity contribution in [3.63, 3.8) is 0 Å². The summed E-state index contributed by atoms with van der Waals surface area (Å²) in [4.78, 5) is 13.1. The fraction of sp³-hybridized carbons (Fsp3) is 0.208. The van der Waals surface area contributed by atoms with Crippen molar-refractivity contribution >= 4 is 39.1 Å². The van der Waals surface area contributed by atoms with E-state index < -0.39 is 27.8 Å². The summed E-state index contributed by atoms with van der Waals surface area (Å²) in [6.07, 6.45) is 0.0402. The molecule has 0 saturated carbocycles. The van der Waals surface area contributed by atoms with Crippen LogP contribution in [0.15, 0.2) is 77.7 Å². The molecule has 0 spiro atoms. The molecule has 174 valence electrons. The zero-order valence-corrected chi connectivity index (χ0v) is 20.2. The minimum absolute atomic E-state index is 0.0197. The zero-order chi connectivity index (χ0) is 24.0. The predicted molar refractivity (Wildman–Crippen MR) is 128 cm³/mol. The Labute approximate surface area is 203 Å². The molecule has 33 heavy (non-hydrogen) atoms. The highest BCUT2D eigenvalue weighted by atomic mass is 35.5. The maximum atomic E-state index is 14.4. The Balaban J connectivity index is 2.09. The molecular formula is C24H23Cl2FN2O3S. The van der Waals surface area contributed by atoms with Gasteiger partial charge in [0, 0.05) is 23.1 Å². The van der Waals surface area contributed by atoms with Crippen LogP contribution in [0.25, 0.3) is 0 Å². The van der Waals surface area contributed by atoms with Crippen LogP contribution in [0.2, 0.25) is 10.0 Å². The van der Waals surface area contributed by atoms with Crippen LogP contribution in [-0.2, 0) is 21.2 Å². The summed E-state index contributed by atoms with van der Waals surface area (Å²) in [6.45, 7) is 1.93. The number of carbonyl (C=O) groups is 1. The Morgan fingerprint density at radius 2 is 1.64 bits per heavy atom. The van der Waals surface area contributed by atoms with E-state index in [9.17, 15) is 17.6 Å². The number of rotatable bonds is 9. The molecule has 1 unspecified atom stereocenters. The molecule has 0 aromatic heterocycles. The van der Waals surface area contributed by atoms with E-state index in [0.717, 1.165) is 4.31 Å². The third-order valence-corrected chi connectivity index (χ3v) is 7.41. The number of amides is 1. The normalized spacial score (nSPS) is 12.5. The smallest absolute Gasteiger partial charge is 0.244 e. The Kier molecular flexibility index (Phi) is 8.48. The number of halogens is 3. The van der Waals surface area contributed by atoms with Crippen molar-refractivity contribution in [3.8, 4) is 0 Å². The SMILES string of the molecule is CCNC(=O)C(c1ccccc1)N(CCc1ccc(Cl)cc1F)S(=O)(=O)c1ccc(Cl)cc1. The monoisotopic (exact) mass is 508 g/mol. The van der Waals surface area contributed by atoms with Crippen molar-refractivity contribution in [1.29, 1.82) is 0 Å². The highest BCUT2D eigenvalue weighted by molar-refractivity contribution is 7.89. The van der Waals surface area contributed by atoms with E-state index in [0.29, 0.717) is 22.7 Å². The van der Waals surface area contributed by atoms with Crippen molar-refractivity contribution in [3.05, 3.63) is 99.8 Å². The summed E-state index contributed by atoms with van der Waals surface area (Å²) in [6, 6.07) is 17.4. The second-order valence-corrected chi connectivity index (χ2v) is 10.0. The molecule has 9 heteroatoms. The summed E-state index contributed by atoms with van der Waals surface area (Å²) >= 11 is 11.8. The molecule has 1 amide bonds. The van der Waals surface area contributed by atoms with Gasteiger partial charge in [0.1, 0.15) is 11.9 Å². The number of hydrogen-bond donors (Lipinski definition) is 1. The lowest BCUT2D eigenvalue weighted by atomic mass is 10.1. The molecule has 0 aliphatic rings. The molecule has 0 bridgehead atoms. The van der Waals surface area contributed by atoms with Crippen LogP contribution < -0.4 is 5.32 Å². The molecule has 5 nitrogen and oxygen atoms in total. The Morgan fingerprint density at radius 1 is 1.00 bits per heavy atom. The van der Waals surface area contributed by atoms with Gasteiger partial charge in [0.2, 0.25) is 15.9 Å². The van der Waals surface area contributed by atoms with Crippen LogP contribution in [0, 0.1) is 5.82 Å². The molecule has 3 aromatic rings. The third-order valence-electron chi connectivity index (χ3n) is 5.04. The van der Waals surface area contributed by atoms with Gasteiger partial charge in [0.15, 0.2) is 0 Å². The fourth-order valence-electron chi connectivity index (χ4n) is 3.44. The summed E-state index contributed by atoms with van der Waals surface area (Å²) in [5.74, 6) is -1.02. The first-order chi connectivity index (χ1) is 15.7. The number of nitrogens with zero attached hydrogens (tertiary/aromatic N) is 1. The molecule has 0 aliphatic carbocycles. The minimum atomic E-state index is -4.15. The molecule has 3 aromatic carbocycles. The number of benzene rings is 3. The molecule has 0 saturated heterocycles. The third kappa shape index (κ3) is 6.12. The van der Waals surface area contributed by atoms with Gasteiger partial charge in [0.05, 0.1) is 4.90 Å². The van der Waals surface area contributed by atoms with E-state index in [-0.39, 0.29) is 22.9 Å². The molecule has 0 heterocycles. The van der Waals surface area contributed by atoms with Gasteiger partial charge >= 0.3 is 0 Å². The molecule has 3 rings (SSSR count). The van der Waals surface area contributed by atoms with Crippen LogP contribution in [0.5, 0.6) is 0 Å². The zero-order valence-electron chi connectivity index (χ0n) is 17.8. The summed E-state index contributed by atoms with van der Waals surface area (Å²) < 4.78 is 43.0. The molecular weight excluding hydrogens is 486 g/mol. The lowest BCUT2D eigenvalue weighted by molar-refractivity contribution is -0.125. The Morgan fingerprint density at radius 3 is 2.24 bits per heavy atom. The number of nitrogens with one attached hydrogen (secondary N) is 1. The largest absolute Gasteiger partial charge is 0.355 e. The van der Waals surface area contributed by atoms with Gasteiger partial charge in [-0.1, -0.05) is 59.6 Å². The topological polar surface area (TPSA) is 66.5 Å². The van der Waals surface area contributed by atoms with E-state index in [4.69, 9.17) is 23.2 Å². The molecule has 1 atom stereocenters. The van der Waals surface area contributed by atoms with Gasteiger partial charge in [-0.05, 0) is 60.9 Å². The van der Waals surface area contributed by atoms with Gasteiger partial charge in [-0.15, -0.1) is 0 Å². The minimum Gasteiger partial charge on any atom is -0.355 e. The van der Waals surface area contributed by atoms with Crippen LogP contribution >= 0.6 is 23.2 Å². The van der Waals surface area contributed by atoms with Crippen molar-refractivity contribution in [2.24, 2.45) is 0 Å². The molecule has 0 fully saturated rings. The standard InChI is InChI=1S/C24H23Cl2FN2O3S/c1-2-28-24(30)23(18-6-4-3-5-7-18)29(15-14-17-8-9-20(26)16-22(17)27)33(31,32)21-12-10-19(25)11-13-21/h3-13,16,23H,2,14-15H2,1H3,(H,28,30). The lowest BCUT2D eigenvalue weighted by Crippen LogP contribution is -2.44. The number of carbonyl (C=O) groups excluding carboxylic acids is 1. The van der Waals surface area contributed by atoms with Gasteiger partial charge in [-0.3, -0.25) is 4.79 Å². The number of sulfonamides is 1. The molecule has 0 radical (unpaired) electrons. The fourth-order valence-corrected chi connectivity index (χ4v) is 5.30. The van der Waals surface area contributed by atoms with Gasteiger partial charge in [0.25, 0.3) is 0 Å². The maximum absolute atomic E-state index is 14.4. The van der Waals surface area contributed by atoms with Crippen LogP contribution in [0.3, 0.4) is 0 Å². The first-order valence-corrected chi connectivity index (χ1v) is 12.5. The first-order valence-electron chi connectivity index (χ1n) is 10.3. The van der Waals surface area contributed by atoms with E-state index in [1.807, 2.05) is 0 Å². The van der Waals surface area contributed by atoms with Gasteiger partial charge in [-0.2, -0.15) is 4.31 Å². The molecule has 0 aliphatic heterocycles. The second-order valence-electron chi connectivity index (χ2n) is 7.26. The van der Waals surface area contributed by atoms with E-state index in [1.54, 1.807) is 37.3 Å². The summed E-state index contributed by atoms with van der Waals surface area (Å²) in [5.41, 5.74) is 0.788. The average Bonchev–Trinajstić information content (AvgIpc) is 2.78.